The van der Waals surface area contributed by atoms with Gasteiger partial charge in [-0.15, -0.1) is 5.10 Å². The first-order valence-corrected chi connectivity index (χ1v) is 7.78. The topological polar surface area (TPSA) is 74.2 Å². The van der Waals surface area contributed by atoms with Crippen molar-refractivity contribution in [3.63, 3.8) is 0 Å². The molecule has 6 nitrogen and oxygen atoms in total. The van der Waals surface area contributed by atoms with Crippen molar-refractivity contribution in [3.8, 4) is 0 Å². The number of alkyl halides is 3. The zero-order valence-corrected chi connectivity index (χ0v) is 13.7. The van der Waals surface area contributed by atoms with Crippen molar-refractivity contribution in [3.05, 3.63) is 29.3 Å². The minimum absolute atomic E-state index is 0.00187. The number of hydrazone groups is 1. The third-order valence-electron chi connectivity index (χ3n) is 4.52. The van der Waals surface area contributed by atoms with Crippen LogP contribution in [-0.2, 0) is 15.7 Å². The van der Waals surface area contributed by atoms with Crippen molar-refractivity contribution in [2.24, 2.45) is 11.0 Å². The summed E-state index contributed by atoms with van der Waals surface area (Å²) < 4.78 is 45.5. The first kappa shape index (κ1) is 17.5. The SMILES string of the molecule is CC(C)C1(O)CN(c2ccc(C3=NNC(=O)CO3)cc2C(F)(F)F)C1. The number of ether oxygens (including phenoxy) is 1. The lowest BCUT2D eigenvalue weighted by atomic mass is 9.82. The number of benzene rings is 1. The zero-order chi connectivity index (χ0) is 18.4. The summed E-state index contributed by atoms with van der Waals surface area (Å²) in [6, 6.07) is 3.73. The fourth-order valence-corrected chi connectivity index (χ4v) is 2.78. The molecule has 2 aliphatic rings. The summed E-state index contributed by atoms with van der Waals surface area (Å²) in [5, 5.41) is 13.9. The Hall–Kier alpha value is -2.29. The van der Waals surface area contributed by atoms with Crippen LogP contribution in [0.1, 0.15) is 25.0 Å². The van der Waals surface area contributed by atoms with E-state index in [1.165, 1.54) is 17.0 Å². The maximum absolute atomic E-state index is 13.5. The number of rotatable bonds is 3. The van der Waals surface area contributed by atoms with E-state index in [0.29, 0.717) is 0 Å². The normalized spacial score (nSPS) is 19.9. The number of carbonyl (C=O) groups is 1. The third-order valence-corrected chi connectivity index (χ3v) is 4.52. The van der Waals surface area contributed by atoms with E-state index in [9.17, 15) is 23.1 Å². The molecule has 25 heavy (non-hydrogen) atoms. The predicted octanol–water partition coefficient (Wildman–Crippen LogP) is 1.72. The largest absolute Gasteiger partial charge is 0.466 e. The van der Waals surface area contributed by atoms with E-state index < -0.39 is 23.2 Å². The molecule has 0 radical (unpaired) electrons. The van der Waals surface area contributed by atoms with Gasteiger partial charge in [0.15, 0.2) is 6.61 Å². The highest BCUT2D eigenvalue weighted by Crippen LogP contribution is 2.41. The second kappa shape index (κ2) is 5.91. The molecule has 1 saturated heterocycles. The van der Waals surface area contributed by atoms with Gasteiger partial charge in [-0.3, -0.25) is 4.79 Å². The van der Waals surface area contributed by atoms with Crippen LogP contribution in [0.5, 0.6) is 0 Å². The number of β-amino-alcohol motifs (C(OH)–C–C–N with tert-alkyl or cyclic N) is 1. The summed E-state index contributed by atoms with van der Waals surface area (Å²) in [4.78, 5) is 12.5. The molecule has 0 saturated carbocycles. The van der Waals surface area contributed by atoms with E-state index in [4.69, 9.17) is 4.74 Å². The summed E-state index contributed by atoms with van der Waals surface area (Å²) in [6.45, 7) is 3.65. The van der Waals surface area contributed by atoms with Crippen molar-refractivity contribution in [1.29, 1.82) is 0 Å². The maximum Gasteiger partial charge on any atom is 0.418 e. The molecule has 0 spiro atoms. The molecule has 9 heteroatoms. The molecule has 2 heterocycles. The molecule has 3 rings (SSSR count). The Morgan fingerprint density at radius 2 is 2.04 bits per heavy atom. The third kappa shape index (κ3) is 3.28. The van der Waals surface area contributed by atoms with Crippen LogP contribution < -0.4 is 10.3 Å². The number of nitrogens with one attached hydrogen (secondary N) is 1. The highest BCUT2D eigenvalue weighted by Gasteiger charge is 2.46. The van der Waals surface area contributed by atoms with E-state index in [0.717, 1.165) is 6.07 Å². The van der Waals surface area contributed by atoms with Crippen molar-refractivity contribution >= 4 is 17.5 Å². The van der Waals surface area contributed by atoms with E-state index in [-0.39, 0.29) is 42.8 Å². The van der Waals surface area contributed by atoms with Gasteiger partial charge < -0.3 is 14.7 Å². The molecule has 2 N–H and O–H groups in total. The van der Waals surface area contributed by atoms with Gasteiger partial charge in [0.2, 0.25) is 5.90 Å². The van der Waals surface area contributed by atoms with Crippen LogP contribution in [0.15, 0.2) is 23.3 Å². The molecular formula is C16H18F3N3O3. The summed E-state index contributed by atoms with van der Waals surface area (Å²) in [6.07, 6.45) is -4.57. The number of hydrogen-bond donors (Lipinski definition) is 2. The molecule has 0 aliphatic carbocycles. The Kier molecular flexibility index (Phi) is 4.14. The lowest BCUT2D eigenvalue weighted by Gasteiger charge is -2.50. The Bertz CT molecular complexity index is 725. The maximum atomic E-state index is 13.5. The molecule has 1 amide bonds. The van der Waals surface area contributed by atoms with E-state index >= 15 is 0 Å². The lowest BCUT2D eigenvalue weighted by molar-refractivity contribution is -0.137. The number of halogens is 3. The standard InChI is InChI=1S/C16H18F3N3O3/c1-9(2)15(24)7-22(8-15)12-4-3-10(5-11(12)16(17,18)19)14-21-20-13(23)6-25-14/h3-5,9,24H,6-8H2,1-2H3,(H,20,23). The smallest absolute Gasteiger partial charge is 0.418 e. The van der Waals surface area contributed by atoms with Crippen molar-refractivity contribution in [2.45, 2.75) is 25.6 Å². The van der Waals surface area contributed by atoms with Crippen LogP contribution in [0.2, 0.25) is 0 Å². The second-order valence-corrected chi connectivity index (χ2v) is 6.58. The van der Waals surface area contributed by atoms with Gasteiger partial charge >= 0.3 is 6.18 Å². The van der Waals surface area contributed by atoms with Crippen LogP contribution in [0.4, 0.5) is 18.9 Å². The molecule has 1 aromatic carbocycles. The molecule has 136 valence electrons. The molecule has 0 atom stereocenters. The van der Waals surface area contributed by atoms with Crippen LogP contribution in [0.3, 0.4) is 0 Å². The molecular weight excluding hydrogens is 339 g/mol. The molecule has 1 aromatic rings. The number of carbonyl (C=O) groups excluding carboxylic acids is 1. The number of hydrogen-bond acceptors (Lipinski definition) is 5. The highest BCUT2D eigenvalue weighted by atomic mass is 19.4. The van der Waals surface area contributed by atoms with Gasteiger partial charge in [0.25, 0.3) is 5.91 Å². The van der Waals surface area contributed by atoms with E-state index in [2.05, 4.69) is 10.5 Å². The quantitative estimate of drug-likeness (QED) is 0.864. The number of nitrogens with zero attached hydrogens (tertiary/aromatic N) is 2. The molecule has 2 aliphatic heterocycles. The monoisotopic (exact) mass is 357 g/mol. The first-order chi connectivity index (χ1) is 11.6. The van der Waals surface area contributed by atoms with E-state index in [1.54, 1.807) is 0 Å². The number of amides is 1. The summed E-state index contributed by atoms with van der Waals surface area (Å²) in [5.41, 5.74) is 0.476. The average Bonchev–Trinajstić information content (AvgIpc) is 2.51. The van der Waals surface area contributed by atoms with Gasteiger partial charge in [0.1, 0.15) is 5.60 Å². The summed E-state index contributed by atoms with van der Waals surface area (Å²) >= 11 is 0. The van der Waals surface area contributed by atoms with E-state index in [1.807, 2.05) is 13.8 Å². The average molecular weight is 357 g/mol. The Morgan fingerprint density at radius 3 is 2.56 bits per heavy atom. The number of anilines is 1. The van der Waals surface area contributed by atoms with Gasteiger partial charge in [0.05, 0.1) is 5.56 Å². The van der Waals surface area contributed by atoms with Crippen molar-refractivity contribution in [1.82, 2.24) is 5.43 Å². The Labute approximate surface area is 142 Å². The highest BCUT2D eigenvalue weighted by molar-refractivity contribution is 5.98. The Morgan fingerprint density at radius 1 is 1.36 bits per heavy atom. The Balaban J connectivity index is 1.91. The second-order valence-electron chi connectivity index (χ2n) is 6.58. The molecule has 0 bridgehead atoms. The van der Waals surface area contributed by atoms with Crippen molar-refractivity contribution < 1.29 is 27.8 Å². The van der Waals surface area contributed by atoms with Crippen LogP contribution >= 0.6 is 0 Å². The fraction of sp³-hybridized carbons (Fsp3) is 0.500. The van der Waals surface area contributed by atoms with Crippen LogP contribution in [0.25, 0.3) is 0 Å². The fourth-order valence-electron chi connectivity index (χ4n) is 2.78. The minimum atomic E-state index is -4.57. The summed E-state index contributed by atoms with van der Waals surface area (Å²) in [7, 11) is 0. The lowest BCUT2D eigenvalue weighted by Crippen LogP contribution is -2.65. The van der Waals surface area contributed by atoms with Gasteiger partial charge in [-0.25, -0.2) is 5.43 Å². The van der Waals surface area contributed by atoms with Crippen LogP contribution in [0, 0.1) is 5.92 Å². The van der Waals surface area contributed by atoms with Gasteiger partial charge in [-0.2, -0.15) is 13.2 Å². The molecule has 1 fully saturated rings. The van der Waals surface area contributed by atoms with Gasteiger partial charge in [-0.05, 0) is 24.1 Å². The summed E-state index contributed by atoms with van der Waals surface area (Å²) in [5.74, 6) is -0.588. The predicted molar refractivity (Wildman–Crippen MR) is 84.1 cm³/mol. The zero-order valence-electron chi connectivity index (χ0n) is 13.7. The van der Waals surface area contributed by atoms with Gasteiger partial charge in [0, 0.05) is 24.3 Å². The number of aliphatic hydroxyl groups is 1. The van der Waals surface area contributed by atoms with Gasteiger partial charge in [-0.1, -0.05) is 13.8 Å². The van der Waals surface area contributed by atoms with Crippen LogP contribution in [-0.4, -0.2) is 42.2 Å². The molecule has 0 aromatic heterocycles. The van der Waals surface area contributed by atoms with Crippen molar-refractivity contribution in [2.75, 3.05) is 24.6 Å². The minimum Gasteiger partial charge on any atom is -0.466 e. The molecule has 0 unspecified atom stereocenters. The first-order valence-electron chi connectivity index (χ1n) is 7.78.